The lowest BCUT2D eigenvalue weighted by molar-refractivity contribution is 0.192. The first-order valence-electron chi connectivity index (χ1n) is 6.08. The van der Waals surface area contributed by atoms with Gasteiger partial charge in [-0.15, -0.1) is 0 Å². The summed E-state index contributed by atoms with van der Waals surface area (Å²) in [6, 6.07) is 0.879. The fourth-order valence-electron chi connectivity index (χ4n) is 2.45. The molecule has 2 rings (SSSR count). The normalized spacial score (nSPS) is 26.7. The van der Waals surface area contributed by atoms with E-state index in [9.17, 15) is 4.79 Å². The van der Waals surface area contributed by atoms with Gasteiger partial charge in [-0.1, -0.05) is 0 Å². The summed E-state index contributed by atoms with van der Waals surface area (Å²) in [7, 11) is 0. The van der Waals surface area contributed by atoms with Gasteiger partial charge in [0.1, 0.15) is 0 Å². The summed E-state index contributed by atoms with van der Waals surface area (Å²) in [5, 5.41) is 3.47. The summed E-state index contributed by atoms with van der Waals surface area (Å²) in [5.41, 5.74) is 0. The zero-order valence-electron chi connectivity index (χ0n) is 9.54. The molecule has 2 saturated heterocycles. The highest BCUT2D eigenvalue weighted by molar-refractivity contribution is 5.76. The second kappa shape index (κ2) is 4.84. The highest BCUT2D eigenvalue weighted by atomic mass is 16.2. The SMILES string of the molecule is CCN1CCN(CCC2CCCN2)C1=O. The van der Waals surface area contributed by atoms with Gasteiger partial charge in [0.05, 0.1) is 0 Å². The van der Waals surface area contributed by atoms with E-state index in [1.54, 1.807) is 0 Å². The summed E-state index contributed by atoms with van der Waals surface area (Å²) in [5.74, 6) is 0. The molecule has 2 fully saturated rings. The molecule has 2 aliphatic rings. The Morgan fingerprint density at radius 2 is 2.20 bits per heavy atom. The first kappa shape index (κ1) is 10.7. The van der Waals surface area contributed by atoms with Gasteiger partial charge in [0.2, 0.25) is 0 Å². The number of hydrogen-bond donors (Lipinski definition) is 1. The maximum absolute atomic E-state index is 11.8. The highest BCUT2D eigenvalue weighted by Crippen LogP contribution is 2.13. The lowest BCUT2D eigenvalue weighted by Gasteiger charge is -2.19. The van der Waals surface area contributed by atoms with E-state index in [1.807, 2.05) is 16.7 Å². The summed E-state index contributed by atoms with van der Waals surface area (Å²) in [6.45, 7) is 6.79. The second-order valence-corrected chi connectivity index (χ2v) is 4.43. The van der Waals surface area contributed by atoms with Crippen molar-refractivity contribution in [3.63, 3.8) is 0 Å². The molecule has 15 heavy (non-hydrogen) atoms. The van der Waals surface area contributed by atoms with Crippen LogP contribution < -0.4 is 5.32 Å². The standard InChI is InChI=1S/C11H21N3O/c1-2-13-8-9-14(11(13)15)7-5-10-4-3-6-12-10/h10,12H,2-9H2,1H3. The molecule has 1 N–H and O–H groups in total. The number of hydrogen-bond acceptors (Lipinski definition) is 2. The van der Waals surface area contributed by atoms with Crippen LogP contribution in [0.15, 0.2) is 0 Å². The van der Waals surface area contributed by atoms with Gasteiger partial charge >= 0.3 is 6.03 Å². The van der Waals surface area contributed by atoms with Crippen LogP contribution in [0.4, 0.5) is 4.79 Å². The number of nitrogens with one attached hydrogen (secondary N) is 1. The third-order valence-electron chi connectivity index (χ3n) is 3.47. The van der Waals surface area contributed by atoms with Crippen LogP contribution in [0.1, 0.15) is 26.2 Å². The molecule has 0 aromatic heterocycles. The van der Waals surface area contributed by atoms with Crippen LogP contribution in [0, 0.1) is 0 Å². The van der Waals surface area contributed by atoms with Crippen molar-refractivity contribution in [2.75, 3.05) is 32.7 Å². The number of rotatable bonds is 4. The average Bonchev–Trinajstić information content (AvgIpc) is 2.85. The van der Waals surface area contributed by atoms with E-state index in [4.69, 9.17) is 0 Å². The summed E-state index contributed by atoms with van der Waals surface area (Å²) >= 11 is 0. The number of amides is 2. The van der Waals surface area contributed by atoms with E-state index in [0.29, 0.717) is 6.04 Å². The average molecular weight is 211 g/mol. The van der Waals surface area contributed by atoms with Crippen LogP contribution in [0.3, 0.4) is 0 Å². The molecule has 0 aliphatic carbocycles. The first-order chi connectivity index (χ1) is 7.31. The zero-order valence-corrected chi connectivity index (χ0v) is 9.54. The van der Waals surface area contributed by atoms with Crippen molar-refractivity contribution in [1.82, 2.24) is 15.1 Å². The van der Waals surface area contributed by atoms with Crippen molar-refractivity contribution in [3.8, 4) is 0 Å². The lowest BCUT2D eigenvalue weighted by Crippen LogP contribution is -2.34. The summed E-state index contributed by atoms with van der Waals surface area (Å²) < 4.78 is 0. The number of carbonyl (C=O) groups excluding carboxylic acids is 1. The minimum absolute atomic E-state index is 0.232. The van der Waals surface area contributed by atoms with E-state index in [-0.39, 0.29) is 6.03 Å². The van der Waals surface area contributed by atoms with E-state index in [0.717, 1.165) is 39.1 Å². The fraction of sp³-hybridized carbons (Fsp3) is 0.909. The van der Waals surface area contributed by atoms with Crippen LogP contribution in [-0.2, 0) is 0 Å². The lowest BCUT2D eigenvalue weighted by atomic mass is 10.1. The van der Waals surface area contributed by atoms with E-state index >= 15 is 0 Å². The molecule has 0 saturated carbocycles. The van der Waals surface area contributed by atoms with Crippen LogP contribution in [0.5, 0.6) is 0 Å². The van der Waals surface area contributed by atoms with Crippen LogP contribution in [0.2, 0.25) is 0 Å². The molecule has 0 aromatic rings. The van der Waals surface area contributed by atoms with Crippen molar-refractivity contribution >= 4 is 6.03 Å². The van der Waals surface area contributed by atoms with Gasteiger partial charge in [0.25, 0.3) is 0 Å². The van der Waals surface area contributed by atoms with Gasteiger partial charge in [0.15, 0.2) is 0 Å². The van der Waals surface area contributed by atoms with Crippen LogP contribution >= 0.6 is 0 Å². The number of likely N-dealkylation sites (N-methyl/N-ethyl adjacent to an activating group) is 1. The van der Waals surface area contributed by atoms with Crippen molar-refractivity contribution in [3.05, 3.63) is 0 Å². The maximum Gasteiger partial charge on any atom is 0.320 e. The second-order valence-electron chi connectivity index (χ2n) is 4.43. The zero-order chi connectivity index (χ0) is 10.7. The third kappa shape index (κ3) is 2.43. The molecule has 2 amide bonds. The van der Waals surface area contributed by atoms with Gasteiger partial charge in [-0.25, -0.2) is 4.79 Å². The third-order valence-corrected chi connectivity index (χ3v) is 3.47. The molecule has 0 bridgehead atoms. The fourth-order valence-corrected chi connectivity index (χ4v) is 2.45. The maximum atomic E-state index is 11.8. The molecule has 0 spiro atoms. The minimum atomic E-state index is 0.232. The molecule has 1 unspecified atom stereocenters. The monoisotopic (exact) mass is 211 g/mol. The molecule has 2 aliphatic heterocycles. The van der Waals surface area contributed by atoms with Crippen LogP contribution in [-0.4, -0.2) is 54.6 Å². The minimum Gasteiger partial charge on any atom is -0.323 e. The topological polar surface area (TPSA) is 35.6 Å². The Morgan fingerprint density at radius 3 is 2.80 bits per heavy atom. The quantitative estimate of drug-likeness (QED) is 0.749. The Balaban J connectivity index is 1.73. The van der Waals surface area contributed by atoms with E-state index < -0.39 is 0 Å². The van der Waals surface area contributed by atoms with E-state index in [1.165, 1.54) is 12.8 Å². The molecule has 4 heteroatoms. The number of nitrogens with zero attached hydrogens (tertiary/aromatic N) is 2. The van der Waals surface area contributed by atoms with Crippen molar-refractivity contribution < 1.29 is 4.79 Å². The smallest absolute Gasteiger partial charge is 0.320 e. The number of urea groups is 1. The Morgan fingerprint density at radius 1 is 1.40 bits per heavy atom. The summed E-state index contributed by atoms with van der Waals surface area (Å²) in [4.78, 5) is 15.7. The Labute approximate surface area is 91.6 Å². The van der Waals surface area contributed by atoms with Gasteiger partial charge in [-0.05, 0) is 32.7 Å². The predicted molar refractivity (Wildman–Crippen MR) is 59.9 cm³/mol. The van der Waals surface area contributed by atoms with E-state index in [2.05, 4.69) is 5.32 Å². The van der Waals surface area contributed by atoms with Crippen molar-refractivity contribution in [2.24, 2.45) is 0 Å². The van der Waals surface area contributed by atoms with Crippen molar-refractivity contribution in [2.45, 2.75) is 32.2 Å². The van der Waals surface area contributed by atoms with Crippen LogP contribution in [0.25, 0.3) is 0 Å². The van der Waals surface area contributed by atoms with Gasteiger partial charge in [-0.2, -0.15) is 0 Å². The Bertz CT molecular complexity index is 226. The Hall–Kier alpha value is -0.770. The predicted octanol–water partition coefficient (Wildman–Crippen LogP) is 0.886. The molecule has 0 aromatic carbocycles. The highest BCUT2D eigenvalue weighted by Gasteiger charge is 2.27. The summed E-state index contributed by atoms with van der Waals surface area (Å²) in [6.07, 6.45) is 3.68. The molecule has 1 atom stereocenters. The molecular weight excluding hydrogens is 190 g/mol. The molecular formula is C11H21N3O. The molecule has 2 heterocycles. The largest absolute Gasteiger partial charge is 0.323 e. The number of carbonyl (C=O) groups is 1. The molecule has 0 radical (unpaired) electrons. The molecule has 86 valence electrons. The van der Waals surface area contributed by atoms with Gasteiger partial charge < -0.3 is 15.1 Å². The Kier molecular flexibility index (Phi) is 3.46. The van der Waals surface area contributed by atoms with Gasteiger partial charge in [0, 0.05) is 32.2 Å². The first-order valence-corrected chi connectivity index (χ1v) is 6.08. The molecule has 4 nitrogen and oxygen atoms in total. The van der Waals surface area contributed by atoms with Gasteiger partial charge in [-0.3, -0.25) is 0 Å². The van der Waals surface area contributed by atoms with Crippen molar-refractivity contribution in [1.29, 1.82) is 0 Å².